The Labute approximate surface area is 177 Å². The van der Waals surface area contributed by atoms with Crippen LogP contribution >= 0.6 is 0 Å². The molecule has 0 bridgehead atoms. The number of carbonyl (C=O) groups excluding carboxylic acids is 1. The van der Waals surface area contributed by atoms with Crippen LogP contribution in [-0.2, 0) is 11.4 Å². The highest BCUT2D eigenvalue weighted by atomic mass is 19.1. The first kappa shape index (κ1) is 21.3. The zero-order valence-electron chi connectivity index (χ0n) is 16.2. The number of nitrogens with one attached hydrogen (secondary N) is 1. The van der Waals surface area contributed by atoms with Crippen LogP contribution < -0.4 is 10.1 Å². The molecule has 2 N–H and O–H groups in total. The number of amides is 1. The van der Waals surface area contributed by atoms with Crippen LogP contribution in [0.3, 0.4) is 0 Å². The highest BCUT2D eigenvalue weighted by Crippen LogP contribution is 2.18. The highest BCUT2D eigenvalue weighted by molar-refractivity contribution is 6.10. The number of aromatic carboxylic acids is 1. The summed E-state index contributed by atoms with van der Waals surface area (Å²) in [6.45, 7) is 0.0725. The van der Waals surface area contributed by atoms with Gasteiger partial charge in [0, 0.05) is 11.3 Å². The zero-order chi connectivity index (χ0) is 22.2. The van der Waals surface area contributed by atoms with Crippen molar-refractivity contribution in [1.29, 1.82) is 5.26 Å². The van der Waals surface area contributed by atoms with Crippen LogP contribution in [-0.4, -0.2) is 17.0 Å². The maximum Gasteiger partial charge on any atom is 0.335 e. The molecule has 0 saturated carbocycles. The summed E-state index contributed by atoms with van der Waals surface area (Å²) in [4.78, 5) is 23.4. The third-order valence-corrected chi connectivity index (χ3v) is 4.28. The molecule has 7 heteroatoms. The third-order valence-electron chi connectivity index (χ3n) is 4.28. The van der Waals surface area contributed by atoms with Crippen LogP contribution in [0.5, 0.6) is 5.75 Å². The Bertz CT molecular complexity index is 1180. The second-order valence-corrected chi connectivity index (χ2v) is 6.46. The molecule has 0 fully saturated rings. The fraction of sp³-hybridized carbons (Fsp3) is 0.0417. The van der Waals surface area contributed by atoms with E-state index in [1.165, 1.54) is 36.4 Å². The number of ether oxygens (including phenoxy) is 1. The molecule has 0 aliphatic rings. The predicted molar refractivity (Wildman–Crippen MR) is 113 cm³/mol. The van der Waals surface area contributed by atoms with Gasteiger partial charge in [-0.1, -0.05) is 36.4 Å². The molecule has 0 radical (unpaired) electrons. The Hall–Kier alpha value is -4.44. The van der Waals surface area contributed by atoms with Crippen molar-refractivity contribution in [3.8, 4) is 11.8 Å². The van der Waals surface area contributed by atoms with Crippen molar-refractivity contribution < 1.29 is 23.8 Å². The summed E-state index contributed by atoms with van der Waals surface area (Å²) in [5.41, 5.74) is 1.15. The van der Waals surface area contributed by atoms with Crippen molar-refractivity contribution in [3.63, 3.8) is 0 Å². The predicted octanol–water partition coefficient (Wildman–Crippen LogP) is 4.65. The molecular weight excluding hydrogens is 399 g/mol. The Balaban J connectivity index is 1.67. The monoisotopic (exact) mass is 416 g/mol. The molecule has 3 aromatic rings. The minimum absolute atomic E-state index is 0.0197. The number of anilines is 1. The van der Waals surface area contributed by atoms with Gasteiger partial charge >= 0.3 is 5.97 Å². The van der Waals surface area contributed by atoms with Crippen molar-refractivity contribution in [2.45, 2.75) is 6.61 Å². The molecule has 0 spiro atoms. The number of hydrogen-bond donors (Lipinski definition) is 2. The molecule has 0 aliphatic heterocycles. The number of nitriles is 1. The van der Waals surface area contributed by atoms with Gasteiger partial charge in [-0.3, -0.25) is 4.79 Å². The van der Waals surface area contributed by atoms with Gasteiger partial charge in [-0.25, -0.2) is 9.18 Å². The number of nitrogens with zero attached hydrogens (tertiary/aromatic N) is 1. The number of hydrogen-bond acceptors (Lipinski definition) is 4. The van der Waals surface area contributed by atoms with E-state index >= 15 is 0 Å². The summed E-state index contributed by atoms with van der Waals surface area (Å²) in [5.74, 6) is -1.62. The molecule has 0 aliphatic carbocycles. The fourth-order valence-electron chi connectivity index (χ4n) is 2.68. The van der Waals surface area contributed by atoms with Crippen molar-refractivity contribution in [2.75, 3.05) is 5.32 Å². The van der Waals surface area contributed by atoms with Gasteiger partial charge in [0.2, 0.25) is 0 Å². The molecule has 3 rings (SSSR count). The molecule has 154 valence electrons. The second kappa shape index (κ2) is 9.85. The van der Waals surface area contributed by atoms with Gasteiger partial charge < -0.3 is 15.2 Å². The Kier molecular flexibility index (Phi) is 6.76. The highest BCUT2D eigenvalue weighted by Gasteiger charge is 2.11. The lowest BCUT2D eigenvalue weighted by Crippen LogP contribution is -2.13. The molecule has 0 unspecified atom stereocenters. The second-order valence-electron chi connectivity index (χ2n) is 6.46. The van der Waals surface area contributed by atoms with Crippen LogP contribution in [0.1, 0.15) is 21.5 Å². The van der Waals surface area contributed by atoms with Crippen LogP contribution in [0, 0.1) is 17.1 Å². The standard InChI is InChI=1S/C24H17FN2O4/c25-22-7-2-1-4-18(22)15-31-21-10-8-16(9-11-21)12-19(14-26)23(28)27-20-6-3-5-17(13-20)24(29)30/h1-13H,15H2,(H,27,28)(H,29,30)/b19-12-. The van der Waals surface area contributed by atoms with Gasteiger partial charge in [0.05, 0.1) is 5.56 Å². The van der Waals surface area contributed by atoms with Crippen molar-refractivity contribution in [2.24, 2.45) is 0 Å². The number of rotatable bonds is 7. The number of carbonyl (C=O) groups is 2. The normalized spacial score (nSPS) is 10.8. The smallest absolute Gasteiger partial charge is 0.335 e. The van der Waals surface area contributed by atoms with Gasteiger partial charge in [-0.15, -0.1) is 0 Å². The lowest BCUT2D eigenvalue weighted by Gasteiger charge is -2.08. The molecular formula is C24H17FN2O4. The Morgan fingerprint density at radius 1 is 1.06 bits per heavy atom. The van der Waals surface area contributed by atoms with E-state index in [2.05, 4.69) is 5.32 Å². The zero-order valence-corrected chi connectivity index (χ0v) is 16.2. The first-order valence-corrected chi connectivity index (χ1v) is 9.19. The number of carboxylic acid groups (broad SMARTS) is 1. The first-order valence-electron chi connectivity index (χ1n) is 9.19. The molecule has 3 aromatic carbocycles. The summed E-state index contributed by atoms with van der Waals surface area (Å²) in [6.07, 6.45) is 1.40. The van der Waals surface area contributed by atoms with Crippen LogP contribution in [0.2, 0.25) is 0 Å². The molecule has 31 heavy (non-hydrogen) atoms. The van der Waals surface area contributed by atoms with Gasteiger partial charge in [-0.2, -0.15) is 5.26 Å². The quantitative estimate of drug-likeness (QED) is 0.431. The minimum Gasteiger partial charge on any atom is -0.489 e. The Morgan fingerprint density at radius 3 is 2.48 bits per heavy atom. The first-order chi connectivity index (χ1) is 15.0. The van der Waals surface area contributed by atoms with E-state index in [9.17, 15) is 19.2 Å². The largest absolute Gasteiger partial charge is 0.489 e. The van der Waals surface area contributed by atoms with Gasteiger partial charge in [0.25, 0.3) is 5.91 Å². The van der Waals surface area contributed by atoms with Gasteiger partial charge in [0.15, 0.2) is 0 Å². The van der Waals surface area contributed by atoms with Crippen molar-refractivity contribution in [1.82, 2.24) is 0 Å². The van der Waals surface area contributed by atoms with E-state index in [1.54, 1.807) is 42.5 Å². The molecule has 0 atom stereocenters. The number of benzene rings is 3. The molecule has 0 aromatic heterocycles. The lowest BCUT2D eigenvalue weighted by atomic mass is 10.1. The average molecular weight is 416 g/mol. The Morgan fingerprint density at radius 2 is 1.81 bits per heavy atom. The number of halogens is 1. The van der Waals surface area contributed by atoms with Gasteiger partial charge in [-0.05, 0) is 48.0 Å². The van der Waals surface area contributed by atoms with Crippen molar-refractivity contribution in [3.05, 3.63) is 101 Å². The minimum atomic E-state index is -1.12. The topological polar surface area (TPSA) is 99.4 Å². The molecule has 0 saturated heterocycles. The van der Waals surface area contributed by atoms with Crippen LogP contribution in [0.15, 0.2) is 78.4 Å². The molecule has 0 heterocycles. The van der Waals surface area contributed by atoms with E-state index in [0.29, 0.717) is 16.9 Å². The molecule has 1 amide bonds. The van der Waals surface area contributed by atoms with Crippen LogP contribution in [0.4, 0.5) is 10.1 Å². The van der Waals surface area contributed by atoms with E-state index in [-0.39, 0.29) is 29.2 Å². The maximum absolute atomic E-state index is 13.6. The summed E-state index contributed by atoms with van der Waals surface area (Å²) in [5, 5.41) is 20.9. The summed E-state index contributed by atoms with van der Waals surface area (Å²) in [6, 6.07) is 20.5. The summed E-state index contributed by atoms with van der Waals surface area (Å²) >= 11 is 0. The van der Waals surface area contributed by atoms with E-state index < -0.39 is 11.9 Å². The average Bonchev–Trinajstić information content (AvgIpc) is 2.78. The lowest BCUT2D eigenvalue weighted by molar-refractivity contribution is -0.112. The van der Waals surface area contributed by atoms with Crippen LogP contribution in [0.25, 0.3) is 6.08 Å². The SMILES string of the molecule is N#C/C(=C/c1ccc(OCc2ccccc2F)cc1)C(=O)Nc1cccc(C(=O)O)c1. The van der Waals surface area contributed by atoms with E-state index in [0.717, 1.165) is 0 Å². The van der Waals surface area contributed by atoms with E-state index in [4.69, 9.17) is 9.84 Å². The van der Waals surface area contributed by atoms with Gasteiger partial charge in [0.1, 0.15) is 29.8 Å². The number of carboxylic acids is 1. The summed E-state index contributed by atoms with van der Waals surface area (Å²) < 4.78 is 19.2. The van der Waals surface area contributed by atoms with Crippen molar-refractivity contribution >= 4 is 23.6 Å². The molecule has 6 nitrogen and oxygen atoms in total. The maximum atomic E-state index is 13.6. The third kappa shape index (κ3) is 5.78. The van der Waals surface area contributed by atoms with E-state index in [1.807, 2.05) is 6.07 Å². The summed E-state index contributed by atoms with van der Waals surface area (Å²) in [7, 11) is 0. The fourth-order valence-corrected chi connectivity index (χ4v) is 2.68.